The molecule has 0 saturated carbocycles. The van der Waals surface area contributed by atoms with Gasteiger partial charge in [-0.3, -0.25) is 9.59 Å². The molecule has 0 bridgehead atoms. The van der Waals surface area contributed by atoms with Gasteiger partial charge >= 0.3 is 0 Å². The molecule has 1 N–H and O–H groups in total. The Hall–Kier alpha value is -3.48. The van der Waals surface area contributed by atoms with Gasteiger partial charge in [0.05, 0.1) is 5.92 Å². The molecule has 142 valence electrons. The number of carbonyl (C=O) groups is 2. The Morgan fingerprint density at radius 2 is 2.00 bits per heavy atom. The van der Waals surface area contributed by atoms with Crippen molar-refractivity contribution in [2.24, 2.45) is 5.92 Å². The molecule has 1 saturated heterocycles. The lowest BCUT2D eigenvalue weighted by Gasteiger charge is -2.17. The zero-order valence-electron chi connectivity index (χ0n) is 15.7. The first-order valence-corrected chi connectivity index (χ1v) is 9.09. The summed E-state index contributed by atoms with van der Waals surface area (Å²) < 4.78 is 5.03. The Bertz CT molecular complexity index is 1040. The van der Waals surface area contributed by atoms with Crippen molar-refractivity contribution in [3.63, 3.8) is 0 Å². The van der Waals surface area contributed by atoms with Crippen LogP contribution in [0.3, 0.4) is 0 Å². The fourth-order valence-electron chi connectivity index (χ4n) is 3.31. The zero-order chi connectivity index (χ0) is 19.7. The molecule has 2 amide bonds. The highest BCUT2D eigenvalue weighted by Gasteiger charge is 2.35. The van der Waals surface area contributed by atoms with E-state index in [0.717, 1.165) is 22.5 Å². The minimum Gasteiger partial charge on any atom is -0.339 e. The Balaban J connectivity index is 1.51. The van der Waals surface area contributed by atoms with Crippen molar-refractivity contribution in [2.45, 2.75) is 20.3 Å². The van der Waals surface area contributed by atoms with Gasteiger partial charge in [0.25, 0.3) is 0 Å². The van der Waals surface area contributed by atoms with E-state index < -0.39 is 5.92 Å². The van der Waals surface area contributed by atoms with E-state index >= 15 is 0 Å². The van der Waals surface area contributed by atoms with Gasteiger partial charge in [0.15, 0.2) is 0 Å². The van der Waals surface area contributed by atoms with Crippen LogP contribution in [0.1, 0.15) is 17.9 Å². The second-order valence-electron chi connectivity index (χ2n) is 6.90. The molecule has 0 unspecified atom stereocenters. The van der Waals surface area contributed by atoms with Crippen molar-refractivity contribution in [1.82, 2.24) is 10.1 Å². The number of hydrogen-bond donors (Lipinski definition) is 1. The number of nitrogens with zero attached hydrogens (tertiary/aromatic N) is 3. The van der Waals surface area contributed by atoms with Crippen molar-refractivity contribution in [3.8, 4) is 11.4 Å². The lowest BCUT2D eigenvalue weighted by Crippen LogP contribution is -2.28. The fourth-order valence-corrected chi connectivity index (χ4v) is 3.31. The Morgan fingerprint density at radius 3 is 2.75 bits per heavy atom. The van der Waals surface area contributed by atoms with E-state index in [9.17, 15) is 9.59 Å². The number of benzene rings is 2. The monoisotopic (exact) mass is 376 g/mol. The standard InChI is InChI=1S/C21H20N4O3/c1-13-6-3-4-9-18(13)23-21(27)16-11-19(26)25(12-16)17-8-5-7-15(10-17)20-22-14(2)28-24-20/h3-10,16H,11-12H2,1-2H3,(H,23,27)/t16-/m0/s1. The number of aryl methyl sites for hydroxylation is 2. The SMILES string of the molecule is Cc1nc(-c2cccc(N3C[C@@H](C(=O)Nc4ccccc4C)CC3=O)c2)no1. The van der Waals surface area contributed by atoms with Crippen LogP contribution < -0.4 is 10.2 Å². The normalized spacial score (nSPS) is 16.4. The van der Waals surface area contributed by atoms with Crippen LogP contribution >= 0.6 is 0 Å². The smallest absolute Gasteiger partial charge is 0.229 e. The Kier molecular flexibility index (Phi) is 4.65. The molecular weight excluding hydrogens is 356 g/mol. The highest BCUT2D eigenvalue weighted by atomic mass is 16.5. The minimum atomic E-state index is -0.400. The quantitative estimate of drug-likeness (QED) is 0.754. The maximum Gasteiger partial charge on any atom is 0.229 e. The molecule has 0 spiro atoms. The Labute approximate surface area is 162 Å². The van der Waals surface area contributed by atoms with Gasteiger partial charge in [-0.15, -0.1) is 0 Å². The summed E-state index contributed by atoms with van der Waals surface area (Å²) in [6, 6.07) is 15.0. The lowest BCUT2D eigenvalue weighted by atomic mass is 10.1. The molecular formula is C21H20N4O3. The maximum absolute atomic E-state index is 12.7. The molecule has 1 aliphatic heterocycles. The topological polar surface area (TPSA) is 88.3 Å². The second-order valence-corrected chi connectivity index (χ2v) is 6.90. The number of anilines is 2. The summed E-state index contributed by atoms with van der Waals surface area (Å²) >= 11 is 0. The first-order chi connectivity index (χ1) is 13.5. The molecule has 1 aliphatic rings. The van der Waals surface area contributed by atoms with E-state index in [1.54, 1.807) is 11.8 Å². The molecule has 1 atom stereocenters. The van der Waals surface area contributed by atoms with Crippen LogP contribution in [0.5, 0.6) is 0 Å². The van der Waals surface area contributed by atoms with E-state index in [1.165, 1.54) is 0 Å². The number of rotatable bonds is 4. The van der Waals surface area contributed by atoms with Crippen LogP contribution in [0.4, 0.5) is 11.4 Å². The minimum absolute atomic E-state index is 0.0774. The molecule has 2 heterocycles. The van der Waals surface area contributed by atoms with E-state index in [0.29, 0.717) is 18.3 Å². The Morgan fingerprint density at radius 1 is 1.18 bits per heavy atom. The zero-order valence-corrected chi connectivity index (χ0v) is 15.7. The molecule has 1 fully saturated rings. The number of para-hydroxylation sites is 1. The summed E-state index contributed by atoms with van der Waals surface area (Å²) in [5, 5.41) is 6.85. The van der Waals surface area contributed by atoms with Crippen molar-refractivity contribution < 1.29 is 14.1 Å². The summed E-state index contributed by atoms with van der Waals surface area (Å²) in [6.45, 7) is 4.00. The van der Waals surface area contributed by atoms with E-state index in [4.69, 9.17) is 4.52 Å². The third kappa shape index (κ3) is 3.51. The molecule has 7 nitrogen and oxygen atoms in total. The number of carbonyl (C=O) groups excluding carboxylic acids is 2. The highest BCUT2D eigenvalue weighted by molar-refractivity contribution is 6.03. The number of aromatic nitrogens is 2. The molecule has 0 radical (unpaired) electrons. The molecule has 7 heteroatoms. The number of hydrogen-bond acceptors (Lipinski definition) is 5. The van der Waals surface area contributed by atoms with Gasteiger partial charge in [-0.1, -0.05) is 35.5 Å². The molecule has 2 aromatic carbocycles. The van der Waals surface area contributed by atoms with Crippen molar-refractivity contribution in [2.75, 3.05) is 16.8 Å². The summed E-state index contributed by atoms with van der Waals surface area (Å²) in [7, 11) is 0. The number of amides is 2. The van der Waals surface area contributed by atoms with Crippen molar-refractivity contribution in [1.29, 1.82) is 0 Å². The first kappa shape index (κ1) is 17.9. The first-order valence-electron chi connectivity index (χ1n) is 9.09. The van der Waals surface area contributed by atoms with E-state index in [1.807, 2.05) is 55.5 Å². The van der Waals surface area contributed by atoms with Gasteiger partial charge in [-0.2, -0.15) is 4.98 Å². The molecule has 28 heavy (non-hydrogen) atoms. The van der Waals surface area contributed by atoms with Gasteiger partial charge in [-0.25, -0.2) is 0 Å². The molecule has 1 aromatic heterocycles. The predicted molar refractivity (Wildman–Crippen MR) is 105 cm³/mol. The van der Waals surface area contributed by atoms with Crippen LogP contribution in [-0.2, 0) is 9.59 Å². The molecule has 4 rings (SSSR count). The lowest BCUT2D eigenvalue weighted by molar-refractivity contribution is -0.122. The second kappa shape index (κ2) is 7.26. The number of nitrogens with one attached hydrogen (secondary N) is 1. The van der Waals surface area contributed by atoms with Gasteiger partial charge in [0, 0.05) is 36.8 Å². The average molecular weight is 376 g/mol. The summed E-state index contributed by atoms with van der Waals surface area (Å²) in [6.07, 6.45) is 0.184. The van der Waals surface area contributed by atoms with Crippen LogP contribution in [-0.4, -0.2) is 28.5 Å². The van der Waals surface area contributed by atoms with Gasteiger partial charge < -0.3 is 14.7 Å². The predicted octanol–water partition coefficient (Wildman–Crippen LogP) is 3.35. The fraction of sp³-hybridized carbons (Fsp3) is 0.238. The summed E-state index contributed by atoms with van der Waals surface area (Å²) in [5.41, 5.74) is 3.24. The van der Waals surface area contributed by atoms with E-state index in [-0.39, 0.29) is 18.2 Å². The third-order valence-corrected chi connectivity index (χ3v) is 4.84. The molecule has 3 aromatic rings. The van der Waals surface area contributed by atoms with Crippen LogP contribution in [0.15, 0.2) is 53.1 Å². The van der Waals surface area contributed by atoms with E-state index in [2.05, 4.69) is 15.5 Å². The largest absolute Gasteiger partial charge is 0.339 e. The van der Waals surface area contributed by atoms with Gasteiger partial charge in [0.2, 0.25) is 23.5 Å². The van der Waals surface area contributed by atoms with Gasteiger partial charge in [0.1, 0.15) is 0 Å². The van der Waals surface area contributed by atoms with Crippen molar-refractivity contribution in [3.05, 3.63) is 60.0 Å². The molecule has 0 aliphatic carbocycles. The summed E-state index contributed by atoms with van der Waals surface area (Å²) in [5.74, 6) is 0.329. The van der Waals surface area contributed by atoms with Crippen LogP contribution in [0.25, 0.3) is 11.4 Å². The highest BCUT2D eigenvalue weighted by Crippen LogP contribution is 2.29. The average Bonchev–Trinajstić information content (AvgIpc) is 3.30. The third-order valence-electron chi connectivity index (χ3n) is 4.84. The van der Waals surface area contributed by atoms with Crippen molar-refractivity contribution >= 4 is 23.2 Å². The van der Waals surface area contributed by atoms with Crippen LogP contribution in [0, 0.1) is 19.8 Å². The maximum atomic E-state index is 12.7. The van der Waals surface area contributed by atoms with Gasteiger partial charge in [-0.05, 0) is 30.7 Å². The summed E-state index contributed by atoms with van der Waals surface area (Å²) in [4.78, 5) is 31.1. The van der Waals surface area contributed by atoms with Crippen LogP contribution in [0.2, 0.25) is 0 Å².